The summed E-state index contributed by atoms with van der Waals surface area (Å²) in [5, 5.41) is 8.92. The minimum Gasteiger partial charge on any atom is -0.331 e. The van der Waals surface area contributed by atoms with Crippen LogP contribution in [0.2, 0.25) is 0 Å². The third-order valence-corrected chi connectivity index (χ3v) is 20.5. The molecule has 0 bridgehead atoms. The number of aromatic nitrogens is 16. The Kier molecular flexibility index (Phi) is 18.1. The fourth-order valence-electron chi connectivity index (χ4n) is 13.8. The van der Waals surface area contributed by atoms with Crippen molar-refractivity contribution in [2.24, 2.45) is 56.4 Å². The normalized spacial score (nSPS) is 11.4. The summed E-state index contributed by atoms with van der Waals surface area (Å²) in [7, 11) is 16.6. The maximum absolute atomic E-state index is 4.87. The van der Waals surface area contributed by atoms with Crippen molar-refractivity contribution in [3.63, 3.8) is 0 Å². The van der Waals surface area contributed by atoms with Crippen LogP contribution in [0, 0.1) is 96.9 Å². The van der Waals surface area contributed by atoms with Crippen molar-refractivity contribution in [2.45, 2.75) is 96.9 Å². The average molecular weight is 1300 g/mol. The summed E-state index contributed by atoms with van der Waals surface area (Å²) >= 11 is 0. The molecule has 16 nitrogen and oxygen atoms in total. The summed E-state index contributed by atoms with van der Waals surface area (Å²) in [4.78, 5) is 37.4. The summed E-state index contributed by atoms with van der Waals surface area (Å²) in [5.74, 6) is 7.69. The minimum absolute atomic E-state index is 0.786. The molecule has 0 spiro atoms. The van der Waals surface area contributed by atoms with Crippen LogP contribution in [-0.2, 0) is 56.4 Å². The van der Waals surface area contributed by atoms with Crippen LogP contribution in [-0.4, -0.2) is 58.1 Å². The van der Waals surface area contributed by atoms with Gasteiger partial charge in [0.15, 0.2) is 12.4 Å². The zero-order chi connectivity index (χ0) is 70.0. The Bertz CT molecular complexity index is 5680. The molecular formula is C82H90N16+4. The van der Waals surface area contributed by atoms with E-state index in [1.54, 1.807) is 0 Å². The first-order valence-corrected chi connectivity index (χ1v) is 33.4. The van der Waals surface area contributed by atoms with Gasteiger partial charge in [-0.2, -0.15) is 4.57 Å². The zero-order valence-electron chi connectivity index (χ0n) is 61.0. The third kappa shape index (κ3) is 11.7. The third-order valence-electron chi connectivity index (χ3n) is 20.5. The number of hydrogen-bond acceptors (Lipinski definition) is 8. The quantitative estimate of drug-likeness (QED) is 0.118. The topological polar surface area (TPSA) is 138 Å². The van der Waals surface area contributed by atoms with Crippen LogP contribution in [0.25, 0.3) is 123 Å². The van der Waals surface area contributed by atoms with E-state index in [-0.39, 0.29) is 0 Å². The fourth-order valence-corrected chi connectivity index (χ4v) is 13.8. The molecule has 0 unspecified atom stereocenters. The minimum atomic E-state index is 0.786. The van der Waals surface area contributed by atoms with Gasteiger partial charge in [0.2, 0.25) is 16.9 Å². The number of fused-ring (bicyclic) bond motifs is 9. The predicted octanol–water partition coefficient (Wildman–Crippen LogP) is 14.6. The van der Waals surface area contributed by atoms with Gasteiger partial charge in [0.25, 0.3) is 11.6 Å². The number of rotatable bonds is 6. The maximum atomic E-state index is 4.87. The molecule has 0 fully saturated rings. The molecule has 16 heteroatoms. The lowest BCUT2D eigenvalue weighted by Gasteiger charge is -2.14. The molecule has 0 aliphatic carbocycles. The molecule has 0 saturated heterocycles. The van der Waals surface area contributed by atoms with E-state index in [0.29, 0.717) is 0 Å². The highest BCUT2D eigenvalue weighted by molar-refractivity contribution is 6.24. The highest BCUT2D eigenvalue weighted by Gasteiger charge is 2.26. The van der Waals surface area contributed by atoms with Crippen molar-refractivity contribution in [3.8, 4) is 68.3 Å². The van der Waals surface area contributed by atoms with Crippen molar-refractivity contribution in [2.75, 3.05) is 0 Å². The molecule has 0 amide bonds. The van der Waals surface area contributed by atoms with E-state index >= 15 is 0 Å². The van der Waals surface area contributed by atoms with Gasteiger partial charge < -0.3 is 18.3 Å². The van der Waals surface area contributed by atoms with Crippen LogP contribution in [0.4, 0.5) is 0 Å². The van der Waals surface area contributed by atoms with Gasteiger partial charge >= 0.3 is 5.82 Å². The Balaban J connectivity index is 0.000000125. The average Bonchev–Trinajstić information content (AvgIpc) is 0.954. The molecular weight excluding hydrogens is 1210 g/mol. The zero-order valence-corrected chi connectivity index (χ0v) is 61.0. The Labute approximate surface area is 575 Å². The van der Waals surface area contributed by atoms with Crippen LogP contribution < -0.4 is 18.3 Å². The molecule has 15 aromatic rings. The standard InChI is InChI=1S/C25H24N3.C20H21N4.C19H24N5.C18H21N4/c1-15-18(25-26-16(2)17(3)28(25)5)12-13-21-19-9-6-7-10-20(19)22-11-8-14-27(4)24(22)23(15)21;1-12-16(20-22-13(2)14(3)24(20)5)9-8-15-11-21-17-7-6-10-23(4)19(17)18(12)15;1-11-16(18-20-12(2)13(3)23(18)6)9-8-10-17(11)19-22-14(4)21-15(5)24(19)7;1-12-15(17-19-10-7-11-21(17)4)8-6-9-16(12)18-20-13(2)14(3)22(18)5/h6-14H,1-5H3;6-11H,1-5H3;8-10H,1-7H3;6-11H,1-5H3/q4*+1. The molecule has 0 aliphatic heterocycles. The van der Waals surface area contributed by atoms with E-state index < -0.39 is 0 Å². The molecule has 15 rings (SSSR count). The lowest BCUT2D eigenvalue weighted by atomic mass is 9.92. The van der Waals surface area contributed by atoms with Crippen LogP contribution in [0.15, 0.2) is 146 Å². The van der Waals surface area contributed by atoms with Gasteiger partial charge in [-0.15, -0.1) is 0 Å². The largest absolute Gasteiger partial charge is 0.331 e. The maximum Gasteiger partial charge on any atom is 0.330 e. The molecule has 0 radical (unpaired) electrons. The van der Waals surface area contributed by atoms with Gasteiger partial charge in [-0.25, -0.2) is 38.6 Å². The predicted molar refractivity (Wildman–Crippen MR) is 395 cm³/mol. The molecule has 6 aromatic carbocycles. The second-order valence-electron chi connectivity index (χ2n) is 26.3. The van der Waals surface area contributed by atoms with E-state index in [2.05, 4.69) is 288 Å². The number of hydrogen-bond donors (Lipinski definition) is 0. The van der Waals surface area contributed by atoms with Crippen molar-refractivity contribution >= 4 is 54.3 Å². The van der Waals surface area contributed by atoms with Crippen molar-refractivity contribution in [1.82, 2.24) is 58.1 Å². The smallest absolute Gasteiger partial charge is 0.330 e. The van der Waals surface area contributed by atoms with Gasteiger partial charge in [0.05, 0.1) is 70.4 Å². The van der Waals surface area contributed by atoms with E-state index in [1.165, 1.54) is 94.0 Å². The van der Waals surface area contributed by atoms with Crippen molar-refractivity contribution in [3.05, 3.63) is 226 Å². The molecule has 9 aromatic heterocycles. The summed E-state index contributed by atoms with van der Waals surface area (Å²) < 4.78 is 17.2. The van der Waals surface area contributed by atoms with E-state index in [0.717, 1.165) is 108 Å². The van der Waals surface area contributed by atoms with Crippen LogP contribution >= 0.6 is 0 Å². The second kappa shape index (κ2) is 26.5. The Hall–Kier alpha value is -11.0. The molecule has 494 valence electrons. The van der Waals surface area contributed by atoms with Gasteiger partial charge in [-0.1, -0.05) is 82.8 Å². The summed E-state index contributed by atoms with van der Waals surface area (Å²) in [5.41, 5.74) is 24.4. The first kappa shape index (κ1) is 67.0. The van der Waals surface area contributed by atoms with E-state index in [1.807, 2.05) is 67.8 Å². The van der Waals surface area contributed by atoms with Crippen molar-refractivity contribution in [1.29, 1.82) is 0 Å². The second-order valence-corrected chi connectivity index (χ2v) is 26.3. The number of aryl methyl sites for hydroxylation is 11. The van der Waals surface area contributed by atoms with Gasteiger partial charge in [-0.05, 0) is 151 Å². The summed E-state index contributed by atoms with van der Waals surface area (Å²) in [6, 6.07) is 40.6. The number of nitrogens with zero attached hydrogens (tertiary/aromatic N) is 16. The lowest BCUT2D eigenvalue weighted by molar-refractivity contribution is -0.672. The van der Waals surface area contributed by atoms with E-state index in [4.69, 9.17) is 19.9 Å². The first-order chi connectivity index (χ1) is 46.8. The molecule has 0 atom stereocenters. The van der Waals surface area contributed by atoms with Crippen LogP contribution in [0.3, 0.4) is 0 Å². The van der Waals surface area contributed by atoms with Gasteiger partial charge in [-0.3, -0.25) is 0 Å². The SMILES string of the molecule is Cc1nc(-c2ccc3c4ccccc4c4ccc[n+](C)c4c3c2C)n(C)c1C.Cc1nc(-c2ccc3cnc4ccc[n+](C)c4c3c2C)n(C)c1C.Cc1nc(-c2cccc(-c3nccc[n+]3C)c2C)n(C)c1C.Cc1nc(C)[n+](C)c(-c2cccc(-c3nc(C)c(C)n3C)c2C)n1. The Morgan fingerprint density at radius 2 is 0.755 bits per heavy atom. The Morgan fingerprint density at radius 3 is 1.26 bits per heavy atom. The van der Waals surface area contributed by atoms with Crippen LogP contribution in [0.1, 0.15) is 79.5 Å². The Morgan fingerprint density at radius 1 is 0.327 bits per heavy atom. The lowest BCUT2D eigenvalue weighted by Crippen LogP contribution is -2.37. The van der Waals surface area contributed by atoms with Gasteiger partial charge in [0, 0.05) is 117 Å². The fraction of sp³-hybridized carbons (Fsp3) is 0.268. The molecule has 0 N–H and O–H groups in total. The highest BCUT2D eigenvalue weighted by Crippen LogP contribution is 2.40. The summed E-state index contributed by atoms with van der Waals surface area (Å²) in [6.07, 6.45) is 10.0. The van der Waals surface area contributed by atoms with Gasteiger partial charge in [0.1, 0.15) is 49.1 Å². The van der Waals surface area contributed by atoms with E-state index in [9.17, 15) is 0 Å². The number of benzene rings is 6. The molecule has 0 aliphatic rings. The summed E-state index contributed by atoms with van der Waals surface area (Å²) in [6.45, 7) is 29.3. The van der Waals surface area contributed by atoms with Crippen molar-refractivity contribution < 1.29 is 18.3 Å². The number of imidazole rings is 4. The first-order valence-electron chi connectivity index (χ1n) is 33.4. The molecule has 98 heavy (non-hydrogen) atoms. The van der Waals surface area contributed by atoms with Crippen LogP contribution in [0.5, 0.6) is 0 Å². The molecule has 0 saturated carbocycles. The number of pyridine rings is 3. The monoisotopic (exact) mass is 1300 g/mol. The highest BCUT2D eigenvalue weighted by atomic mass is 15.1. The molecule has 9 heterocycles.